The third-order valence-electron chi connectivity index (χ3n) is 4.20. The molecule has 0 heterocycles. The van der Waals surface area contributed by atoms with Crippen LogP contribution in [0.4, 0.5) is 5.69 Å². The molecule has 0 aliphatic heterocycles. The van der Waals surface area contributed by atoms with E-state index in [1.165, 1.54) is 19.1 Å². The number of ether oxygens (including phenoxy) is 1. The van der Waals surface area contributed by atoms with Crippen LogP contribution < -0.4 is 0 Å². The normalized spacial score (nSPS) is 17.9. The number of nitrogens with zero attached hydrogens (tertiary/aromatic N) is 1. The summed E-state index contributed by atoms with van der Waals surface area (Å²) in [5, 5.41) is 30.0. The molecule has 2 N–H and O–H groups in total. The molecule has 1 aromatic rings. The summed E-state index contributed by atoms with van der Waals surface area (Å²) in [5.74, 6) is -1.33. The lowest BCUT2D eigenvalue weighted by molar-refractivity contribution is -0.386. The standard InChI is InChI=1S/C17H19NO7/c1-10(19)14-6-4-13(5-7-16(14)20)25-9-12-3-2-11(17(21)22)8-15(12)18(23)24/h2-3,8,13,20H,4-7,9H2,1H3,(H,21,22). The molecular weight excluding hydrogens is 330 g/mol. The Bertz CT molecular complexity index is 739. The fourth-order valence-corrected chi connectivity index (χ4v) is 2.78. The molecule has 25 heavy (non-hydrogen) atoms. The zero-order valence-corrected chi connectivity index (χ0v) is 13.7. The van der Waals surface area contributed by atoms with Crippen LogP contribution >= 0.6 is 0 Å². The summed E-state index contributed by atoms with van der Waals surface area (Å²) in [6, 6.07) is 3.67. The van der Waals surface area contributed by atoms with E-state index in [2.05, 4.69) is 0 Å². The van der Waals surface area contributed by atoms with E-state index < -0.39 is 10.9 Å². The van der Waals surface area contributed by atoms with Gasteiger partial charge in [0.05, 0.1) is 34.5 Å². The first-order valence-electron chi connectivity index (χ1n) is 7.83. The number of Topliss-reactive ketones (excluding diaryl/α,β-unsaturated/α-hetero) is 1. The maximum absolute atomic E-state index is 11.5. The van der Waals surface area contributed by atoms with Crippen LogP contribution in [-0.2, 0) is 16.1 Å². The number of aliphatic hydroxyl groups is 1. The number of aromatic carboxylic acids is 1. The molecule has 1 aliphatic carbocycles. The van der Waals surface area contributed by atoms with Gasteiger partial charge in [-0.3, -0.25) is 14.9 Å². The fraction of sp³-hybridized carbons (Fsp3) is 0.412. The second-order valence-electron chi connectivity index (χ2n) is 5.90. The van der Waals surface area contributed by atoms with Crippen molar-refractivity contribution in [2.24, 2.45) is 0 Å². The zero-order valence-electron chi connectivity index (χ0n) is 13.7. The summed E-state index contributed by atoms with van der Waals surface area (Å²) >= 11 is 0. The van der Waals surface area contributed by atoms with E-state index in [0.29, 0.717) is 31.3 Å². The SMILES string of the molecule is CC(=O)C1=C(O)CCC(OCc2ccc(C(=O)O)cc2[N+](=O)[O-])CC1. The van der Waals surface area contributed by atoms with Gasteiger partial charge >= 0.3 is 5.97 Å². The van der Waals surface area contributed by atoms with E-state index >= 15 is 0 Å². The smallest absolute Gasteiger partial charge is 0.335 e. The number of hydrogen-bond acceptors (Lipinski definition) is 6. The van der Waals surface area contributed by atoms with Gasteiger partial charge in [0.1, 0.15) is 0 Å². The Kier molecular flexibility index (Phi) is 5.87. The Hall–Kier alpha value is -2.74. The zero-order chi connectivity index (χ0) is 18.6. The number of carbonyl (C=O) groups excluding carboxylic acids is 1. The number of aliphatic hydroxyl groups excluding tert-OH is 1. The third-order valence-corrected chi connectivity index (χ3v) is 4.20. The predicted octanol–water partition coefficient (Wildman–Crippen LogP) is 3.15. The molecule has 2 rings (SSSR count). The molecule has 1 aromatic carbocycles. The number of nitro groups is 1. The van der Waals surface area contributed by atoms with E-state index in [1.54, 1.807) is 0 Å². The number of carboxylic acid groups (broad SMARTS) is 1. The number of hydrogen-bond donors (Lipinski definition) is 2. The van der Waals surface area contributed by atoms with Crippen LogP contribution in [0.1, 0.15) is 48.5 Å². The molecule has 0 saturated heterocycles. The molecule has 134 valence electrons. The second kappa shape index (κ2) is 7.89. The minimum atomic E-state index is -1.24. The largest absolute Gasteiger partial charge is 0.512 e. The third kappa shape index (κ3) is 4.63. The van der Waals surface area contributed by atoms with Gasteiger partial charge in [0, 0.05) is 18.1 Å². The second-order valence-corrected chi connectivity index (χ2v) is 5.90. The Balaban J connectivity index is 2.06. The first-order valence-corrected chi connectivity index (χ1v) is 7.83. The highest BCUT2D eigenvalue weighted by Crippen LogP contribution is 2.27. The molecule has 8 nitrogen and oxygen atoms in total. The molecule has 1 aliphatic rings. The molecule has 0 amide bonds. The first-order chi connectivity index (χ1) is 11.8. The van der Waals surface area contributed by atoms with Crippen molar-refractivity contribution >= 4 is 17.4 Å². The highest BCUT2D eigenvalue weighted by atomic mass is 16.6. The number of allylic oxidation sites excluding steroid dienone is 2. The van der Waals surface area contributed by atoms with E-state index in [0.717, 1.165) is 6.07 Å². The Morgan fingerprint density at radius 2 is 2.00 bits per heavy atom. The lowest BCUT2D eigenvalue weighted by Crippen LogP contribution is -2.13. The van der Waals surface area contributed by atoms with Crippen molar-refractivity contribution in [1.29, 1.82) is 0 Å². The summed E-state index contributed by atoms with van der Waals surface area (Å²) < 4.78 is 5.72. The minimum Gasteiger partial charge on any atom is -0.512 e. The summed E-state index contributed by atoms with van der Waals surface area (Å²) in [6.07, 6.45) is 1.49. The van der Waals surface area contributed by atoms with Gasteiger partial charge in [-0.1, -0.05) is 0 Å². The Morgan fingerprint density at radius 3 is 2.60 bits per heavy atom. The fourth-order valence-electron chi connectivity index (χ4n) is 2.78. The van der Waals surface area contributed by atoms with Crippen LogP contribution in [0.2, 0.25) is 0 Å². The highest BCUT2D eigenvalue weighted by Gasteiger charge is 2.23. The van der Waals surface area contributed by atoms with Crippen LogP contribution in [-0.4, -0.2) is 33.0 Å². The van der Waals surface area contributed by atoms with Gasteiger partial charge in [-0.05, 0) is 38.3 Å². The molecule has 1 unspecified atom stereocenters. The van der Waals surface area contributed by atoms with Gasteiger partial charge in [-0.2, -0.15) is 0 Å². The quantitative estimate of drug-likeness (QED) is 0.596. The van der Waals surface area contributed by atoms with Crippen molar-refractivity contribution in [3.05, 3.63) is 50.8 Å². The monoisotopic (exact) mass is 349 g/mol. The molecule has 1 atom stereocenters. The topological polar surface area (TPSA) is 127 Å². The average molecular weight is 349 g/mol. The average Bonchev–Trinajstić information content (AvgIpc) is 2.74. The van der Waals surface area contributed by atoms with Crippen LogP contribution in [0.3, 0.4) is 0 Å². The van der Waals surface area contributed by atoms with Crippen molar-refractivity contribution in [3.63, 3.8) is 0 Å². The molecule has 8 heteroatoms. The Labute approximate surface area is 143 Å². The van der Waals surface area contributed by atoms with Gasteiger partial charge in [0.2, 0.25) is 0 Å². The first kappa shape index (κ1) is 18.6. The number of carbonyl (C=O) groups is 2. The summed E-state index contributed by atoms with van der Waals surface area (Å²) in [5.41, 5.74) is 0.218. The van der Waals surface area contributed by atoms with Crippen molar-refractivity contribution in [2.45, 2.75) is 45.3 Å². The molecule has 0 aromatic heterocycles. The summed E-state index contributed by atoms with van der Waals surface area (Å²) in [4.78, 5) is 32.9. The maximum atomic E-state index is 11.5. The number of nitro benzene ring substituents is 1. The van der Waals surface area contributed by atoms with Crippen molar-refractivity contribution in [1.82, 2.24) is 0 Å². The Morgan fingerprint density at radius 1 is 1.32 bits per heavy atom. The summed E-state index contributed by atoms with van der Waals surface area (Å²) in [6.45, 7) is 1.36. The van der Waals surface area contributed by atoms with Crippen LogP contribution in [0.15, 0.2) is 29.5 Å². The minimum absolute atomic E-state index is 0.0446. The molecule has 0 spiro atoms. The molecule has 0 fully saturated rings. The van der Waals surface area contributed by atoms with Gasteiger partial charge in [0.15, 0.2) is 5.78 Å². The van der Waals surface area contributed by atoms with Crippen molar-refractivity contribution in [2.75, 3.05) is 0 Å². The van der Waals surface area contributed by atoms with Gasteiger partial charge < -0.3 is 14.9 Å². The lowest BCUT2D eigenvalue weighted by atomic mass is 10.1. The number of rotatable bonds is 6. The number of ketones is 1. The molecule has 0 radical (unpaired) electrons. The van der Waals surface area contributed by atoms with Crippen LogP contribution in [0.25, 0.3) is 0 Å². The molecule has 0 bridgehead atoms. The summed E-state index contributed by atoms with van der Waals surface area (Å²) in [7, 11) is 0. The van der Waals surface area contributed by atoms with Gasteiger partial charge in [0.25, 0.3) is 5.69 Å². The van der Waals surface area contributed by atoms with Crippen molar-refractivity contribution < 1.29 is 29.5 Å². The lowest BCUT2D eigenvalue weighted by Gasteiger charge is -2.15. The van der Waals surface area contributed by atoms with Crippen LogP contribution in [0, 0.1) is 10.1 Å². The highest BCUT2D eigenvalue weighted by molar-refractivity contribution is 5.93. The van der Waals surface area contributed by atoms with E-state index in [-0.39, 0.29) is 41.1 Å². The van der Waals surface area contributed by atoms with E-state index in [1.807, 2.05) is 0 Å². The molecular formula is C17H19NO7. The number of carboxylic acids is 1. The van der Waals surface area contributed by atoms with Gasteiger partial charge in [-0.15, -0.1) is 0 Å². The van der Waals surface area contributed by atoms with Crippen LogP contribution in [0.5, 0.6) is 0 Å². The molecule has 0 saturated carbocycles. The van der Waals surface area contributed by atoms with Crippen molar-refractivity contribution in [3.8, 4) is 0 Å². The number of benzene rings is 1. The predicted molar refractivity (Wildman–Crippen MR) is 87.4 cm³/mol. The maximum Gasteiger partial charge on any atom is 0.335 e. The van der Waals surface area contributed by atoms with E-state index in [9.17, 15) is 24.8 Å². The van der Waals surface area contributed by atoms with Gasteiger partial charge in [-0.25, -0.2) is 4.79 Å². The van der Waals surface area contributed by atoms with E-state index in [4.69, 9.17) is 9.84 Å².